The molecule has 0 saturated carbocycles. The molecule has 1 heterocycles. The summed E-state index contributed by atoms with van der Waals surface area (Å²) >= 11 is 5.41. The lowest BCUT2D eigenvalue weighted by molar-refractivity contribution is -0.116. The van der Waals surface area contributed by atoms with Crippen molar-refractivity contribution in [1.29, 1.82) is 0 Å². The molecule has 1 aromatic carbocycles. The largest absolute Gasteiger partial charge is 0.507 e. The molecule has 0 spiro atoms. The van der Waals surface area contributed by atoms with Crippen molar-refractivity contribution in [3.05, 3.63) is 40.1 Å². The van der Waals surface area contributed by atoms with Gasteiger partial charge in [-0.25, -0.2) is 0 Å². The van der Waals surface area contributed by atoms with Gasteiger partial charge in [-0.2, -0.15) is 0 Å². The van der Waals surface area contributed by atoms with Crippen LogP contribution in [0.4, 0.5) is 0 Å². The molecule has 27 heavy (non-hydrogen) atoms. The molecule has 3 rings (SSSR count). The van der Waals surface area contributed by atoms with Crippen LogP contribution < -0.4 is 10.6 Å². The zero-order valence-corrected chi connectivity index (χ0v) is 17.9. The van der Waals surface area contributed by atoms with Crippen LogP contribution in [0, 0.1) is 0 Å². The molecule has 0 amide bonds. The second kappa shape index (κ2) is 6.62. The molecule has 0 saturated heterocycles. The van der Waals surface area contributed by atoms with Crippen molar-refractivity contribution in [2.24, 2.45) is 0 Å². The third-order valence-electron chi connectivity index (χ3n) is 5.37. The average Bonchev–Trinajstić information content (AvgIpc) is 2.52. The highest BCUT2D eigenvalue weighted by atomic mass is 32.1. The number of aromatic hydroxyl groups is 1. The molecule has 1 aliphatic heterocycles. The van der Waals surface area contributed by atoms with E-state index in [1.165, 1.54) is 0 Å². The molecule has 1 aliphatic carbocycles. The van der Waals surface area contributed by atoms with Gasteiger partial charge in [-0.05, 0) is 64.7 Å². The molecule has 3 N–H and O–H groups in total. The molecule has 0 radical (unpaired) electrons. The van der Waals surface area contributed by atoms with E-state index in [-0.39, 0.29) is 22.7 Å². The number of nitrogens with one attached hydrogen (secondary N) is 2. The first kappa shape index (κ1) is 19.9. The third-order valence-corrected chi connectivity index (χ3v) is 5.59. The number of carbonyl (C=O) groups excluding carboxylic acids is 1. The average molecular weight is 387 g/mol. The summed E-state index contributed by atoms with van der Waals surface area (Å²) in [7, 11) is 0. The molecule has 0 bridgehead atoms. The molecule has 1 unspecified atom stereocenters. The minimum atomic E-state index is -0.274. The maximum Gasteiger partial charge on any atom is 0.171 e. The summed E-state index contributed by atoms with van der Waals surface area (Å²) in [5, 5.41) is 18.0. The summed E-state index contributed by atoms with van der Waals surface area (Å²) in [4.78, 5) is 12.7. The summed E-state index contributed by atoms with van der Waals surface area (Å²) in [6.45, 7) is 12.6. The monoisotopic (exact) mass is 386 g/mol. The van der Waals surface area contributed by atoms with E-state index in [9.17, 15) is 9.90 Å². The van der Waals surface area contributed by atoms with Crippen LogP contribution in [0.25, 0.3) is 0 Å². The van der Waals surface area contributed by atoms with Crippen molar-refractivity contribution < 1.29 is 9.90 Å². The first-order valence-corrected chi connectivity index (χ1v) is 10.0. The van der Waals surface area contributed by atoms with E-state index in [1.54, 1.807) is 0 Å². The Balaban J connectivity index is 2.24. The van der Waals surface area contributed by atoms with Gasteiger partial charge < -0.3 is 15.7 Å². The second-order valence-electron chi connectivity index (χ2n) is 9.67. The van der Waals surface area contributed by atoms with Crippen molar-refractivity contribution in [2.75, 3.05) is 0 Å². The van der Waals surface area contributed by atoms with Gasteiger partial charge in [0.25, 0.3) is 0 Å². The molecule has 0 fully saturated rings. The van der Waals surface area contributed by atoms with Crippen LogP contribution in [-0.2, 0) is 15.6 Å². The van der Waals surface area contributed by atoms with Crippen molar-refractivity contribution in [1.82, 2.24) is 10.6 Å². The Morgan fingerprint density at radius 3 is 2.11 bits per heavy atom. The van der Waals surface area contributed by atoms with Crippen molar-refractivity contribution >= 4 is 23.1 Å². The van der Waals surface area contributed by atoms with Gasteiger partial charge in [0.15, 0.2) is 10.9 Å². The lowest BCUT2D eigenvalue weighted by Crippen LogP contribution is -2.46. The fourth-order valence-corrected chi connectivity index (χ4v) is 4.16. The summed E-state index contributed by atoms with van der Waals surface area (Å²) in [6, 6.07) is 3.79. The van der Waals surface area contributed by atoms with Crippen LogP contribution in [0.2, 0.25) is 0 Å². The number of rotatable bonds is 1. The van der Waals surface area contributed by atoms with Crippen molar-refractivity contribution in [3.63, 3.8) is 0 Å². The van der Waals surface area contributed by atoms with Gasteiger partial charge in [-0.3, -0.25) is 4.79 Å². The predicted molar refractivity (Wildman–Crippen MR) is 113 cm³/mol. The number of hydrogen-bond donors (Lipinski definition) is 3. The Hall–Kier alpha value is -1.88. The molecule has 1 atom stereocenters. The summed E-state index contributed by atoms with van der Waals surface area (Å²) < 4.78 is 0. The number of allylic oxidation sites excluding steroid dienone is 1. The maximum absolute atomic E-state index is 12.7. The maximum atomic E-state index is 12.7. The van der Waals surface area contributed by atoms with Gasteiger partial charge in [0.05, 0.1) is 6.04 Å². The standard InChI is InChI=1S/C22H30N2O2S/c1-21(2,3)13-10-12(11-14(19(13)26)22(4,5)6)18-17-15(23-20(27)24-18)8-7-9-16(17)25/h10-11,18,26H,7-9H2,1-6H3,(H2,23,24,27). The number of hydrogen-bond acceptors (Lipinski definition) is 3. The zero-order valence-electron chi connectivity index (χ0n) is 17.1. The fourth-order valence-electron chi connectivity index (χ4n) is 3.92. The Bertz CT molecular complexity index is 806. The van der Waals surface area contributed by atoms with Crippen LogP contribution in [0.3, 0.4) is 0 Å². The van der Waals surface area contributed by atoms with Crippen LogP contribution in [0.15, 0.2) is 23.4 Å². The van der Waals surface area contributed by atoms with Gasteiger partial charge in [0.2, 0.25) is 0 Å². The van der Waals surface area contributed by atoms with Gasteiger partial charge in [-0.15, -0.1) is 0 Å². The number of Topliss-reactive ketones (excluding diaryl/α,β-unsaturated/α-hetero) is 1. The molecular formula is C22H30N2O2S. The number of phenols is 1. The summed E-state index contributed by atoms with van der Waals surface area (Å²) in [6.07, 6.45) is 2.27. The first-order valence-electron chi connectivity index (χ1n) is 9.61. The first-order chi connectivity index (χ1) is 12.4. The van der Waals surface area contributed by atoms with E-state index < -0.39 is 0 Å². The highest BCUT2D eigenvalue weighted by molar-refractivity contribution is 7.80. The van der Waals surface area contributed by atoms with Crippen molar-refractivity contribution in [3.8, 4) is 5.75 Å². The number of carbonyl (C=O) groups is 1. The number of thiocarbonyl (C=S) groups is 1. The van der Waals surface area contributed by atoms with Gasteiger partial charge in [0, 0.05) is 17.7 Å². The van der Waals surface area contributed by atoms with E-state index in [2.05, 4.69) is 52.2 Å². The number of phenolic OH excluding ortho intramolecular Hbond substituents is 1. The van der Waals surface area contributed by atoms with Gasteiger partial charge in [-0.1, -0.05) is 41.5 Å². The normalized spacial score (nSPS) is 20.9. The lowest BCUT2D eigenvalue weighted by Gasteiger charge is -2.35. The quantitative estimate of drug-likeness (QED) is 0.620. The molecule has 146 valence electrons. The highest BCUT2D eigenvalue weighted by Crippen LogP contribution is 2.43. The Kier molecular flexibility index (Phi) is 4.87. The Labute approximate surface area is 167 Å². The van der Waals surface area contributed by atoms with E-state index in [4.69, 9.17) is 12.2 Å². The number of benzene rings is 1. The van der Waals surface area contributed by atoms with Crippen molar-refractivity contribution in [2.45, 2.75) is 77.7 Å². The molecule has 5 heteroatoms. The Morgan fingerprint density at radius 1 is 1.04 bits per heavy atom. The molecular weight excluding hydrogens is 356 g/mol. The SMILES string of the molecule is CC(C)(C)c1cc(C2NC(=S)NC3=C2C(=O)CCC3)cc(C(C)(C)C)c1O. The zero-order chi connectivity index (χ0) is 20.1. The predicted octanol–water partition coefficient (Wildman–Crippen LogP) is 4.51. The highest BCUT2D eigenvalue weighted by Gasteiger charge is 2.35. The van der Waals surface area contributed by atoms with Crippen LogP contribution in [-0.4, -0.2) is 16.0 Å². The topological polar surface area (TPSA) is 61.4 Å². The molecule has 1 aromatic rings. The summed E-state index contributed by atoms with van der Waals surface area (Å²) in [5.41, 5.74) is 4.06. The minimum Gasteiger partial charge on any atom is -0.507 e. The number of ketones is 1. The van der Waals surface area contributed by atoms with Crippen LogP contribution in [0.1, 0.15) is 83.5 Å². The second-order valence-corrected chi connectivity index (χ2v) is 10.1. The van der Waals surface area contributed by atoms with E-state index in [0.717, 1.165) is 40.8 Å². The Morgan fingerprint density at radius 2 is 1.59 bits per heavy atom. The fraction of sp³-hybridized carbons (Fsp3) is 0.545. The van der Waals surface area contributed by atoms with E-state index in [0.29, 0.717) is 17.3 Å². The van der Waals surface area contributed by atoms with E-state index >= 15 is 0 Å². The smallest absolute Gasteiger partial charge is 0.171 e. The van der Waals surface area contributed by atoms with E-state index in [1.807, 2.05) is 12.1 Å². The summed E-state index contributed by atoms with van der Waals surface area (Å²) in [5.74, 6) is 0.519. The minimum absolute atomic E-state index is 0.173. The third kappa shape index (κ3) is 3.75. The lowest BCUT2D eigenvalue weighted by atomic mass is 9.76. The van der Waals surface area contributed by atoms with Gasteiger partial charge >= 0.3 is 0 Å². The molecule has 4 nitrogen and oxygen atoms in total. The molecule has 2 aliphatic rings. The van der Waals surface area contributed by atoms with Gasteiger partial charge in [0.1, 0.15) is 5.75 Å². The van der Waals surface area contributed by atoms with Crippen LogP contribution in [0.5, 0.6) is 5.75 Å². The van der Waals surface area contributed by atoms with Crippen LogP contribution >= 0.6 is 12.2 Å². The molecule has 0 aromatic heterocycles.